The Morgan fingerprint density at radius 1 is 1.07 bits per heavy atom. The van der Waals surface area contributed by atoms with E-state index >= 15 is 0 Å². The fraction of sp³-hybridized carbons (Fsp3) is 0.304. The van der Waals surface area contributed by atoms with Crippen molar-refractivity contribution in [3.63, 3.8) is 0 Å². The Hall–Kier alpha value is -3.08. The highest BCUT2D eigenvalue weighted by Crippen LogP contribution is 2.40. The van der Waals surface area contributed by atoms with E-state index in [0.717, 1.165) is 45.6 Å². The summed E-state index contributed by atoms with van der Waals surface area (Å²) >= 11 is 0. The lowest BCUT2D eigenvalue weighted by Gasteiger charge is -2.26. The molecule has 4 aromatic rings. The number of hydrogen-bond donors (Lipinski definition) is 2. The largest absolute Gasteiger partial charge is 0.493 e. The van der Waals surface area contributed by atoms with E-state index in [0.29, 0.717) is 5.56 Å². The van der Waals surface area contributed by atoms with E-state index in [1.807, 2.05) is 47.9 Å². The molecule has 3 aromatic heterocycles. The average Bonchev–Trinajstić information content (AvgIpc) is 2.99. The number of pyridine rings is 2. The maximum absolute atomic E-state index is 10.9. The Kier molecular flexibility index (Phi) is 4.26. The number of nitrogens with zero attached hydrogens (tertiary/aromatic N) is 3. The van der Waals surface area contributed by atoms with Gasteiger partial charge in [0, 0.05) is 17.1 Å². The van der Waals surface area contributed by atoms with Crippen LogP contribution in [0.15, 0.2) is 42.6 Å². The van der Waals surface area contributed by atoms with E-state index < -0.39 is 0 Å². The molecule has 0 radical (unpaired) electrons. The smallest absolute Gasteiger partial charge is 0.221 e. The van der Waals surface area contributed by atoms with Crippen LogP contribution in [-0.4, -0.2) is 25.0 Å². The van der Waals surface area contributed by atoms with Crippen molar-refractivity contribution in [1.29, 1.82) is 0 Å². The molecular formula is C23H26N4O. The van der Waals surface area contributed by atoms with Crippen LogP contribution in [0.2, 0.25) is 0 Å². The van der Waals surface area contributed by atoms with Crippen LogP contribution >= 0.6 is 0 Å². The number of rotatable bonds is 4. The van der Waals surface area contributed by atoms with Crippen LogP contribution in [0.1, 0.15) is 38.3 Å². The molecule has 3 heterocycles. The third kappa shape index (κ3) is 2.87. The molecule has 144 valence electrons. The Balaban J connectivity index is 2.06. The number of aromatic nitrogens is 3. The third-order valence-corrected chi connectivity index (χ3v) is 5.56. The SMILES string of the molecule is CCC(C)(C)Nc1c(-c2c(O)nc3cccc(C)c3c2C)nc2ccccn12. The second-order valence-corrected chi connectivity index (χ2v) is 8.00. The Morgan fingerprint density at radius 2 is 1.86 bits per heavy atom. The molecule has 0 aliphatic rings. The molecule has 5 nitrogen and oxygen atoms in total. The summed E-state index contributed by atoms with van der Waals surface area (Å²) < 4.78 is 2.04. The summed E-state index contributed by atoms with van der Waals surface area (Å²) in [6, 6.07) is 11.9. The number of benzene rings is 1. The number of aryl methyl sites for hydroxylation is 2. The number of imidazole rings is 1. The lowest BCUT2D eigenvalue weighted by Crippen LogP contribution is -2.30. The van der Waals surface area contributed by atoms with Crippen LogP contribution in [0.5, 0.6) is 5.88 Å². The number of nitrogens with one attached hydrogen (secondary N) is 1. The molecule has 0 bridgehead atoms. The zero-order valence-corrected chi connectivity index (χ0v) is 17.0. The monoisotopic (exact) mass is 374 g/mol. The van der Waals surface area contributed by atoms with Gasteiger partial charge in [-0.3, -0.25) is 4.40 Å². The van der Waals surface area contributed by atoms with Crippen LogP contribution in [0.4, 0.5) is 5.82 Å². The van der Waals surface area contributed by atoms with Crippen LogP contribution in [-0.2, 0) is 0 Å². The van der Waals surface area contributed by atoms with E-state index in [9.17, 15) is 5.11 Å². The van der Waals surface area contributed by atoms with Crippen molar-refractivity contribution in [3.8, 4) is 17.1 Å². The second-order valence-electron chi connectivity index (χ2n) is 8.00. The molecule has 0 aliphatic carbocycles. The second kappa shape index (κ2) is 6.51. The standard InChI is InChI=1S/C23H26N4O/c1-6-23(4,5)26-21-20(25-17-12-7-8-13-27(17)21)19-15(3)18-14(2)10-9-11-16(18)24-22(19)28/h7-13,26H,6H2,1-5H3,(H,24,28). The zero-order chi connectivity index (χ0) is 20.1. The molecule has 0 atom stereocenters. The maximum Gasteiger partial charge on any atom is 0.221 e. The first-order valence-electron chi connectivity index (χ1n) is 9.67. The summed E-state index contributed by atoms with van der Waals surface area (Å²) in [5, 5.41) is 15.6. The number of aromatic hydroxyl groups is 1. The van der Waals surface area contributed by atoms with Gasteiger partial charge in [0.15, 0.2) is 0 Å². The molecule has 1 aromatic carbocycles. The predicted molar refractivity (Wildman–Crippen MR) is 115 cm³/mol. The number of fused-ring (bicyclic) bond motifs is 2. The van der Waals surface area contributed by atoms with Crippen molar-refractivity contribution in [2.24, 2.45) is 0 Å². The first kappa shape index (κ1) is 18.3. The van der Waals surface area contributed by atoms with Gasteiger partial charge in [-0.25, -0.2) is 9.97 Å². The molecule has 0 amide bonds. The van der Waals surface area contributed by atoms with Crippen LogP contribution in [0.3, 0.4) is 0 Å². The molecule has 0 fully saturated rings. The minimum Gasteiger partial charge on any atom is -0.493 e. The molecule has 0 aliphatic heterocycles. The van der Waals surface area contributed by atoms with Gasteiger partial charge in [-0.1, -0.05) is 25.1 Å². The van der Waals surface area contributed by atoms with Gasteiger partial charge >= 0.3 is 0 Å². The highest BCUT2D eigenvalue weighted by Gasteiger charge is 2.25. The fourth-order valence-electron chi connectivity index (χ4n) is 3.68. The maximum atomic E-state index is 10.9. The molecule has 0 unspecified atom stereocenters. The first-order chi connectivity index (χ1) is 13.3. The van der Waals surface area contributed by atoms with Crippen LogP contribution < -0.4 is 5.32 Å². The van der Waals surface area contributed by atoms with E-state index in [1.165, 1.54) is 0 Å². The van der Waals surface area contributed by atoms with Gasteiger partial charge in [0.05, 0.1) is 11.1 Å². The Morgan fingerprint density at radius 3 is 2.61 bits per heavy atom. The topological polar surface area (TPSA) is 62.5 Å². The van der Waals surface area contributed by atoms with E-state index in [2.05, 4.69) is 44.1 Å². The summed E-state index contributed by atoms with van der Waals surface area (Å²) in [7, 11) is 0. The number of anilines is 1. The van der Waals surface area contributed by atoms with Crippen molar-refractivity contribution in [1.82, 2.24) is 14.4 Å². The summed E-state index contributed by atoms with van der Waals surface area (Å²) in [6.07, 6.45) is 2.94. The quantitative estimate of drug-likeness (QED) is 0.497. The third-order valence-electron chi connectivity index (χ3n) is 5.56. The summed E-state index contributed by atoms with van der Waals surface area (Å²) in [4.78, 5) is 9.34. The summed E-state index contributed by atoms with van der Waals surface area (Å²) in [6.45, 7) is 10.6. The van der Waals surface area contributed by atoms with Gasteiger partial charge in [0.1, 0.15) is 17.2 Å². The van der Waals surface area contributed by atoms with Crippen molar-refractivity contribution < 1.29 is 5.11 Å². The van der Waals surface area contributed by atoms with E-state index in [1.54, 1.807) is 0 Å². The fourth-order valence-corrected chi connectivity index (χ4v) is 3.68. The van der Waals surface area contributed by atoms with Gasteiger partial charge in [-0.15, -0.1) is 0 Å². The zero-order valence-electron chi connectivity index (χ0n) is 17.0. The van der Waals surface area contributed by atoms with Crippen molar-refractivity contribution in [3.05, 3.63) is 53.7 Å². The molecule has 28 heavy (non-hydrogen) atoms. The van der Waals surface area contributed by atoms with Crippen LogP contribution in [0, 0.1) is 13.8 Å². The lowest BCUT2D eigenvalue weighted by molar-refractivity contribution is 0.457. The molecule has 5 heteroatoms. The van der Waals surface area contributed by atoms with E-state index in [4.69, 9.17) is 4.98 Å². The molecule has 2 N–H and O–H groups in total. The van der Waals surface area contributed by atoms with Gasteiger partial charge in [0.25, 0.3) is 0 Å². The first-order valence-corrected chi connectivity index (χ1v) is 9.67. The minimum absolute atomic E-state index is 0.0105. The molecule has 0 saturated carbocycles. The minimum atomic E-state index is -0.121. The molecule has 0 saturated heterocycles. The van der Waals surface area contributed by atoms with E-state index in [-0.39, 0.29) is 11.4 Å². The van der Waals surface area contributed by atoms with Crippen molar-refractivity contribution >= 4 is 22.4 Å². The van der Waals surface area contributed by atoms with Gasteiger partial charge in [0.2, 0.25) is 5.88 Å². The van der Waals surface area contributed by atoms with Gasteiger partial charge in [-0.05, 0) is 63.4 Å². The molecule has 0 spiro atoms. The molecule has 4 rings (SSSR count). The van der Waals surface area contributed by atoms with Crippen molar-refractivity contribution in [2.75, 3.05) is 5.32 Å². The predicted octanol–water partition coefficient (Wildman–Crippen LogP) is 5.47. The molecular weight excluding hydrogens is 348 g/mol. The van der Waals surface area contributed by atoms with Crippen LogP contribution in [0.25, 0.3) is 27.8 Å². The number of hydrogen-bond acceptors (Lipinski definition) is 4. The highest BCUT2D eigenvalue weighted by atomic mass is 16.3. The normalized spacial score (nSPS) is 12.0. The average molecular weight is 374 g/mol. The Labute approximate surface area is 165 Å². The Bertz CT molecular complexity index is 1190. The van der Waals surface area contributed by atoms with Crippen molar-refractivity contribution in [2.45, 2.75) is 46.6 Å². The van der Waals surface area contributed by atoms with Gasteiger partial charge < -0.3 is 10.4 Å². The van der Waals surface area contributed by atoms with Gasteiger partial charge in [-0.2, -0.15) is 0 Å². The summed E-state index contributed by atoms with van der Waals surface area (Å²) in [5.41, 5.74) is 5.03. The summed E-state index contributed by atoms with van der Waals surface area (Å²) in [5.74, 6) is 0.881. The highest BCUT2D eigenvalue weighted by molar-refractivity contribution is 5.94. The lowest BCUT2D eigenvalue weighted by atomic mass is 9.97.